The second kappa shape index (κ2) is 4.57. The Bertz CT molecular complexity index is 427. The molecule has 0 radical (unpaired) electrons. The van der Waals surface area contributed by atoms with E-state index in [-0.39, 0.29) is 0 Å². The number of hydrogen-bond acceptors (Lipinski definition) is 3. The highest BCUT2D eigenvalue weighted by Crippen LogP contribution is 2.40. The predicted molar refractivity (Wildman–Crippen MR) is 72.5 cm³/mol. The Balaban J connectivity index is 1.69. The fourth-order valence-electron chi connectivity index (χ4n) is 1.91. The maximum atomic E-state index is 9.90. The molecule has 1 heterocycles. The molecular weight excluding hydrogens is 300 g/mol. The third kappa shape index (κ3) is 2.87. The minimum Gasteiger partial charge on any atom is -0.390 e. The lowest BCUT2D eigenvalue weighted by Crippen LogP contribution is -2.30. The van der Waals surface area contributed by atoms with Gasteiger partial charge in [0.2, 0.25) is 0 Å². The maximum absolute atomic E-state index is 9.90. The number of aliphatic hydroxyl groups is 1. The summed E-state index contributed by atoms with van der Waals surface area (Å²) in [4.78, 5) is 1.27. The van der Waals surface area contributed by atoms with E-state index in [1.165, 1.54) is 10.5 Å². The van der Waals surface area contributed by atoms with Crippen LogP contribution in [0.5, 0.6) is 0 Å². The molecule has 1 aliphatic heterocycles. The van der Waals surface area contributed by atoms with Gasteiger partial charge >= 0.3 is 0 Å². The molecule has 17 heavy (non-hydrogen) atoms. The molecule has 92 valence electrons. The van der Waals surface area contributed by atoms with Crippen LogP contribution in [-0.4, -0.2) is 29.2 Å². The van der Waals surface area contributed by atoms with Crippen molar-refractivity contribution < 1.29 is 9.84 Å². The van der Waals surface area contributed by atoms with Gasteiger partial charge in [0, 0.05) is 15.8 Å². The van der Waals surface area contributed by atoms with Gasteiger partial charge in [0.15, 0.2) is 0 Å². The van der Waals surface area contributed by atoms with Crippen LogP contribution in [0.25, 0.3) is 0 Å². The molecule has 1 N–H and O–H groups in total. The summed E-state index contributed by atoms with van der Waals surface area (Å²) in [6.45, 7) is 1.72. The summed E-state index contributed by atoms with van der Waals surface area (Å²) in [7, 11) is 0. The van der Waals surface area contributed by atoms with Gasteiger partial charge in [-0.05, 0) is 46.5 Å². The summed E-state index contributed by atoms with van der Waals surface area (Å²) < 4.78 is 6.31. The third-order valence-electron chi connectivity index (χ3n) is 3.26. The van der Waals surface area contributed by atoms with E-state index in [9.17, 15) is 5.11 Å². The molecule has 1 saturated carbocycles. The molecule has 1 aromatic carbocycles. The van der Waals surface area contributed by atoms with Gasteiger partial charge in [0.1, 0.15) is 0 Å². The molecule has 0 spiro atoms. The van der Waals surface area contributed by atoms with Crippen molar-refractivity contribution in [2.24, 2.45) is 0 Å². The molecule has 1 aromatic rings. The SMILES string of the molecule is OC1(Cc2ccc(SC3COC3)c(Br)c2)CC1. The minimum absolute atomic E-state index is 0.407. The molecule has 0 bridgehead atoms. The Morgan fingerprint density at radius 3 is 2.71 bits per heavy atom. The van der Waals surface area contributed by atoms with Crippen LogP contribution in [0.2, 0.25) is 0 Å². The average Bonchev–Trinajstić information content (AvgIpc) is 2.92. The molecule has 2 nitrogen and oxygen atoms in total. The second-order valence-electron chi connectivity index (χ2n) is 4.94. The van der Waals surface area contributed by atoms with Gasteiger partial charge < -0.3 is 9.84 Å². The molecule has 0 aromatic heterocycles. The van der Waals surface area contributed by atoms with Crippen molar-refractivity contribution in [3.63, 3.8) is 0 Å². The van der Waals surface area contributed by atoms with Gasteiger partial charge in [-0.15, -0.1) is 11.8 Å². The first-order valence-corrected chi connectivity index (χ1v) is 7.57. The molecule has 2 fully saturated rings. The van der Waals surface area contributed by atoms with Gasteiger partial charge in [-0.25, -0.2) is 0 Å². The van der Waals surface area contributed by atoms with E-state index in [4.69, 9.17) is 4.74 Å². The Morgan fingerprint density at radius 1 is 1.41 bits per heavy atom. The van der Waals surface area contributed by atoms with Crippen molar-refractivity contribution in [2.75, 3.05) is 13.2 Å². The average molecular weight is 315 g/mol. The zero-order valence-electron chi connectivity index (χ0n) is 9.49. The molecule has 0 amide bonds. The fourth-order valence-corrected chi connectivity index (χ4v) is 3.62. The van der Waals surface area contributed by atoms with E-state index in [0.29, 0.717) is 5.25 Å². The Hall–Kier alpha value is -0.0300. The molecule has 4 heteroatoms. The maximum Gasteiger partial charge on any atom is 0.0690 e. The van der Waals surface area contributed by atoms with Crippen molar-refractivity contribution in [3.8, 4) is 0 Å². The van der Waals surface area contributed by atoms with Crippen molar-refractivity contribution in [1.29, 1.82) is 0 Å². The Kier molecular flexibility index (Phi) is 3.24. The summed E-state index contributed by atoms with van der Waals surface area (Å²) in [5.74, 6) is 0. The normalized spacial score (nSPS) is 22.2. The number of ether oxygens (including phenoxy) is 1. The molecule has 2 aliphatic rings. The Morgan fingerprint density at radius 2 is 2.18 bits per heavy atom. The number of thioether (sulfide) groups is 1. The smallest absolute Gasteiger partial charge is 0.0690 e. The molecule has 1 saturated heterocycles. The Labute approximate surface area is 114 Å². The van der Waals surface area contributed by atoms with Gasteiger partial charge in [-0.3, -0.25) is 0 Å². The highest BCUT2D eigenvalue weighted by atomic mass is 79.9. The number of rotatable bonds is 4. The highest BCUT2D eigenvalue weighted by Gasteiger charge is 2.40. The van der Waals surface area contributed by atoms with Gasteiger partial charge in [-0.2, -0.15) is 0 Å². The summed E-state index contributed by atoms with van der Waals surface area (Å²) in [6.07, 6.45) is 2.67. The fraction of sp³-hybridized carbons (Fsp3) is 0.538. The minimum atomic E-state index is -0.407. The van der Waals surface area contributed by atoms with E-state index >= 15 is 0 Å². The topological polar surface area (TPSA) is 29.5 Å². The summed E-state index contributed by atoms with van der Waals surface area (Å²) >= 11 is 5.48. The summed E-state index contributed by atoms with van der Waals surface area (Å²) in [5.41, 5.74) is 0.807. The molecule has 3 rings (SSSR count). The van der Waals surface area contributed by atoms with E-state index < -0.39 is 5.60 Å². The molecule has 0 atom stereocenters. The van der Waals surface area contributed by atoms with Crippen LogP contribution in [0, 0.1) is 0 Å². The van der Waals surface area contributed by atoms with Crippen LogP contribution >= 0.6 is 27.7 Å². The largest absolute Gasteiger partial charge is 0.390 e. The van der Waals surface area contributed by atoms with Crippen LogP contribution in [0.3, 0.4) is 0 Å². The zero-order chi connectivity index (χ0) is 11.9. The van der Waals surface area contributed by atoms with E-state index in [0.717, 1.165) is 36.9 Å². The highest BCUT2D eigenvalue weighted by molar-refractivity contribution is 9.10. The first-order valence-electron chi connectivity index (χ1n) is 5.90. The van der Waals surface area contributed by atoms with E-state index in [2.05, 4.69) is 34.1 Å². The first-order chi connectivity index (χ1) is 8.15. The van der Waals surface area contributed by atoms with Crippen LogP contribution in [-0.2, 0) is 11.2 Å². The third-order valence-corrected chi connectivity index (χ3v) is 5.39. The predicted octanol–water partition coefficient (Wildman–Crippen LogP) is 3.01. The molecule has 0 unspecified atom stereocenters. The van der Waals surface area contributed by atoms with Crippen LogP contribution < -0.4 is 0 Å². The monoisotopic (exact) mass is 314 g/mol. The van der Waals surface area contributed by atoms with Crippen LogP contribution in [0.1, 0.15) is 18.4 Å². The number of hydrogen-bond donors (Lipinski definition) is 1. The van der Waals surface area contributed by atoms with Crippen LogP contribution in [0.4, 0.5) is 0 Å². The van der Waals surface area contributed by atoms with Crippen molar-refractivity contribution in [2.45, 2.75) is 35.0 Å². The lowest BCUT2D eigenvalue weighted by molar-refractivity contribution is 0.0455. The van der Waals surface area contributed by atoms with Gasteiger partial charge in [0.05, 0.1) is 24.1 Å². The number of halogens is 1. The van der Waals surface area contributed by atoms with Crippen LogP contribution in [0.15, 0.2) is 27.6 Å². The standard InChI is InChI=1S/C13H15BrO2S/c14-11-5-9(6-13(15)3-4-13)1-2-12(11)17-10-7-16-8-10/h1-2,5,10,15H,3-4,6-8H2. The molecule has 1 aliphatic carbocycles. The van der Waals surface area contributed by atoms with Crippen molar-refractivity contribution >= 4 is 27.7 Å². The second-order valence-corrected chi connectivity index (χ2v) is 7.14. The lowest BCUT2D eigenvalue weighted by Gasteiger charge is -2.25. The lowest BCUT2D eigenvalue weighted by atomic mass is 10.1. The first kappa shape index (κ1) is 12.0. The summed E-state index contributed by atoms with van der Waals surface area (Å²) in [6, 6.07) is 6.41. The van der Waals surface area contributed by atoms with Crippen molar-refractivity contribution in [3.05, 3.63) is 28.2 Å². The summed E-state index contributed by atoms with van der Waals surface area (Å²) in [5, 5.41) is 10.5. The van der Waals surface area contributed by atoms with Crippen molar-refractivity contribution in [1.82, 2.24) is 0 Å². The van der Waals surface area contributed by atoms with Gasteiger partial charge in [0.25, 0.3) is 0 Å². The van der Waals surface area contributed by atoms with E-state index in [1.54, 1.807) is 0 Å². The van der Waals surface area contributed by atoms with Gasteiger partial charge in [-0.1, -0.05) is 6.07 Å². The van der Waals surface area contributed by atoms with E-state index in [1.807, 2.05) is 11.8 Å². The zero-order valence-corrected chi connectivity index (χ0v) is 11.9. The molecular formula is C13H15BrO2S. The number of benzene rings is 1. The quantitative estimate of drug-likeness (QED) is 0.926.